The predicted octanol–water partition coefficient (Wildman–Crippen LogP) is -17.1. The third-order valence-corrected chi connectivity index (χ3v) is 289. The summed E-state index contributed by atoms with van der Waals surface area (Å²) in [6, 6.07) is 0. The zero-order chi connectivity index (χ0) is 63.4. The van der Waals surface area contributed by atoms with Crippen LogP contribution >= 0.6 is 0 Å². The van der Waals surface area contributed by atoms with E-state index in [0.29, 0.717) is 0 Å². The molecular formula is C4H9O38Si38. The smallest absolute Gasteiger partial charge is 0.532 e. The summed E-state index contributed by atoms with van der Waals surface area (Å²) in [5.74, 6) is 0. The summed E-state index contributed by atoms with van der Waals surface area (Å²) in [6.07, 6.45) is 0. The van der Waals surface area contributed by atoms with Crippen LogP contribution in [0.1, 0.15) is 0 Å². The lowest BCUT2D eigenvalue weighted by atomic mass is 11.3. The monoisotopic (exact) mass is 1730 g/mol. The molecule has 0 N–H and O–H groups in total. The fourth-order valence-corrected chi connectivity index (χ4v) is 421. The first-order chi connectivity index (χ1) is 36.4. The number of hydrogen-bond donors (Lipinski definition) is 0. The van der Waals surface area contributed by atoms with Gasteiger partial charge in [0.25, 0.3) is 8.32 Å². The quantitative estimate of drug-likeness (QED) is 0.0516. The van der Waals surface area contributed by atoms with Crippen LogP contribution in [-0.4, -0.2) is 296 Å². The molecule has 38 nitrogen and oxygen atoms in total. The Morgan fingerprint density at radius 1 is 0.237 bits per heavy atom. The van der Waals surface area contributed by atoms with Crippen molar-refractivity contribution in [3.63, 3.8) is 0 Å². The van der Waals surface area contributed by atoms with Gasteiger partial charge in [-0.25, -0.2) is 0 Å². The zero-order valence-electron chi connectivity index (χ0n) is 37.8. The van der Waals surface area contributed by atoms with Gasteiger partial charge in [0.2, 0.25) is 0 Å². The fourth-order valence-electron chi connectivity index (χ4n) is 3.87. The SMILES string of the molecule is C=C[Si](C)(C)O[Si](=O)[Si](=O)[Si](=O)[Si](=O)[Si](=O)[Si](=O)[Si](=O)[Si](=O)[Si](=O)[Si](=O)[Si](=O)[Si](=O)[Si](=O)[Si](=O)[Si](=O)[Si](=O)[Si](=O)[Si](=O)[Si](=O)[Si](=O)[Si](=O)[Si](=O)[Si](=O)[Si](=O)[Si](=O)[Si](=O)[Si](=O)[Si](=O)[Si](=O)[Si](=O)[Si](=O)[Si](=O)[Si](=O)[Si](=O)[Si](=O)[Si](=O)[Si]=O. The molecule has 0 bridgehead atoms. The minimum absolute atomic E-state index is 1.20. The average Bonchev–Trinajstić information content (AvgIpc) is 3.45. The first-order valence-electron chi connectivity index (χ1n) is 18.7. The molecule has 0 rings (SSSR count). The van der Waals surface area contributed by atoms with E-state index in [0.717, 1.165) is 0 Å². The predicted molar refractivity (Wildman–Crippen MR) is 267 cm³/mol. The third kappa shape index (κ3) is 20.8. The summed E-state index contributed by atoms with van der Waals surface area (Å²) >= 11 is 0. The summed E-state index contributed by atoms with van der Waals surface area (Å²) in [5.41, 5.74) is 1.20. The summed E-state index contributed by atoms with van der Waals surface area (Å²) in [5, 5.41) is 0. The maximum atomic E-state index is 12.8. The second-order valence-electron chi connectivity index (χ2n) is 13.8. The molecule has 0 aromatic heterocycles. The molecule has 0 amide bonds. The minimum Gasteiger partial charge on any atom is -0.574 e. The molecule has 0 fully saturated rings. The molecule has 80 heavy (non-hydrogen) atoms. The van der Waals surface area contributed by atoms with Crippen LogP contribution in [0.25, 0.3) is 0 Å². The summed E-state index contributed by atoms with van der Waals surface area (Å²) in [4.78, 5) is 0. The molecule has 0 aliphatic carbocycles. The van der Waals surface area contributed by atoms with Gasteiger partial charge in [-0.05, 0) is 13.1 Å². The van der Waals surface area contributed by atoms with E-state index < -0.39 is 296 Å². The lowest BCUT2D eigenvalue weighted by Gasteiger charge is -2.17. The third-order valence-electron chi connectivity index (χ3n) is 8.14. The highest BCUT2D eigenvalue weighted by Gasteiger charge is 2.59. The van der Waals surface area contributed by atoms with Crippen LogP contribution < -0.4 is 0 Å². The highest BCUT2D eigenvalue weighted by molar-refractivity contribution is 7.85. The lowest BCUT2D eigenvalue weighted by Crippen LogP contribution is -2.58. The standard InChI is InChI=1S/C4H9O38Si38/c1-4-80(2,3)42-44(6)46(8)48(10)50(12)52(14)54(16)56(18)58(20)60(22)62(24)64(26)66(28)68(30)70(32)72(34)74(36)76(38)78(40)79(41)77(39)75(37)73(35)71(33)69(31)67(29)65(27)63(25)61(23)59(21)57(19)55(17)53(15)51(13)49(11)47(9)45(7)43-5/h4H,1H2,2-3H3. The molecule has 0 unspecified atom stereocenters. The van der Waals surface area contributed by atoms with Crippen molar-refractivity contribution in [2.24, 2.45) is 0 Å². The van der Waals surface area contributed by atoms with Crippen LogP contribution in [0.3, 0.4) is 0 Å². The van der Waals surface area contributed by atoms with Crippen molar-refractivity contribution in [2.75, 3.05) is 0 Å². The molecule has 0 saturated heterocycles. The highest BCUT2D eigenvalue weighted by atomic mass is 30.1. The maximum absolute atomic E-state index is 12.8. The van der Waals surface area contributed by atoms with Gasteiger partial charge in [0.15, 0.2) is 0 Å². The van der Waals surface area contributed by atoms with Gasteiger partial charge in [-0.3, -0.25) is 0 Å². The Morgan fingerprint density at radius 3 is 0.463 bits per heavy atom. The normalized spacial score (nSPS) is 10.0. The Hall–Kier alpha value is 0.382. The second kappa shape index (κ2) is 35.4. The molecular weight excluding hydrogens is 1720 g/mol. The molecule has 0 aromatic rings. The van der Waals surface area contributed by atoms with Crippen LogP contribution in [0.5, 0.6) is 0 Å². The van der Waals surface area contributed by atoms with Crippen molar-refractivity contribution >= 4 is 296 Å². The number of rotatable bonds is 39. The Morgan fingerprint density at radius 2 is 0.350 bits per heavy atom. The van der Waals surface area contributed by atoms with E-state index in [4.69, 9.17) is 4.12 Å². The van der Waals surface area contributed by atoms with Crippen LogP contribution in [0.2, 0.25) is 13.1 Å². The van der Waals surface area contributed by atoms with Crippen molar-refractivity contribution in [1.82, 2.24) is 0 Å². The molecule has 0 saturated carbocycles. The van der Waals surface area contributed by atoms with E-state index in [9.17, 15) is 165 Å². The molecule has 0 heterocycles. The van der Waals surface area contributed by atoms with E-state index in [1.165, 1.54) is 18.8 Å². The highest BCUT2D eigenvalue weighted by Crippen LogP contribution is 2.04. The molecule has 1 radical (unpaired) electrons. The molecule has 0 atom stereocenters. The summed E-state index contributed by atoms with van der Waals surface area (Å²) < 4.78 is 468. The number of hydrogen-bond acceptors (Lipinski definition) is 38. The van der Waals surface area contributed by atoms with E-state index in [1.807, 2.05) is 0 Å². The molecule has 0 spiro atoms. The van der Waals surface area contributed by atoms with Gasteiger partial charge in [-0.1, -0.05) is 5.70 Å². The Bertz CT molecular complexity index is 3540. The van der Waals surface area contributed by atoms with Crippen LogP contribution in [0.4, 0.5) is 0 Å². The largest absolute Gasteiger partial charge is 0.574 e. The van der Waals surface area contributed by atoms with Gasteiger partial charge in [-0.15, -0.1) is 6.58 Å². The Kier molecular flexibility index (Phi) is 35.6. The van der Waals surface area contributed by atoms with E-state index in [1.54, 1.807) is 0 Å². The van der Waals surface area contributed by atoms with Crippen LogP contribution in [0, 0.1) is 0 Å². The van der Waals surface area contributed by atoms with E-state index in [2.05, 4.69) is 6.58 Å². The van der Waals surface area contributed by atoms with Crippen LogP contribution in [-0.2, 0) is 169 Å². The Labute approximate surface area is 484 Å². The van der Waals surface area contributed by atoms with Crippen molar-refractivity contribution in [1.29, 1.82) is 0 Å². The van der Waals surface area contributed by atoms with E-state index in [-0.39, 0.29) is 0 Å². The van der Waals surface area contributed by atoms with Gasteiger partial charge in [0.05, 0.1) is 0 Å². The molecule has 76 heteroatoms. The molecule has 0 aliphatic rings. The molecule has 0 aliphatic heterocycles. The van der Waals surface area contributed by atoms with E-state index >= 15 is 0 Å². The van der Waals surface area contributed by atoms with Crippen molar-refractivity contribution in [3.8, 4) is 0 Å². The van der Waals surface area contributed by atoms with Crippen molar-refractivity contribution in [3.05, 3.63) is 12.3 Å². The summed E-state index contributed by atoms with van der Waals surface area (Å²) in [6.45, 7) is 6.16. The Balaban J connectivity index is 5.96. The minimum atomic E-state index is -4.82. The van der Waals surface area contributed by atoms with Gasteiger partial charge in [0.1, 0.15) is 0 Å². The van der Waals surface area contributed by atoms with Gasteiger partial charge >= 0.3 is 288 Å². The van der Waals surface area contributed by atoms with Gasteiger partial charge in [0, 0.05) is 0 Å². The lowest BCUT2D eigenvalue weighted by molar-refractivity contribution is 0.464. The van der Waals surface area contributed by atoms with Gasteiger partial charge in [-0.2, -0.15) is 0 Å². The van der Waals surface area contributed by atoms with Crippen LogP contribution in [0.15, 0.2) is 12.3 Å². The topological polar surface area (TPSA) is 641 Å². The second-order valence-corrected chi connectivity index (χ2v) is 192. The fraction of sp³-hybridized carbons (Fsp3) is 0.500. The summed E-state index contributed by atoms with van der Waals surface area (Å²) in [7, 11) is -169. The molecule has 0 aromatic carbocycles. The van der Waals surface area contributed by atoms with Crippen molar-refractivity contribution < 1.29 is 169 Å². The maximum Gasteiger partial charge on any atom is 0.532 e. The van der Waals surface area contributed by atoms with Crippen molar-refractivity contribution in [2.45, 2.75) is 13.1 Å². The average molecular weight is 1730 g/mol. The first-order valence-corrected chi connectivity index (χ1v) is 109. The molecule has 405 valence electrons. The van der Waals surface area contributed by atoms with Gasteiger partial charge < -0.3 is 169 Å². The zero-order valence-corrected chi connectivity index (χ0v) is 75.8. The first kappa shape index (κ1) is 80.4.